The molecule has 2 rings (SSSR count). The zero-order chi connectivity index (χ0) is 16.3. The summed E-state index contributed by atoms with van der Waals surface area (Å²) >= 11 is 12.1. The molecule has 2 aromatic carbocycles. The summed E-state index contributed by atoms with van der Waals surface area (Å²) in [5.41, 5.74) is 1.93. The summed E-state index contributed by atoms with van der Waals surface area (Å²) < 4.78 is 11.3. The van der Waals surface area contributed by atoms with Crippen LogP contribution in [0.4, 0.5) is 17.1 Å². The Morgan fingerprint density at radius 1 is 1.18 bits per heavy atom. The van der Waals surface area contributed by atoms with E-state index < -0.39 is 15.7 Å². The minimum absolute atomic E-state index is 0.0753. The Morgan fingerprint density at radius 2 is 1.91 bits per heavy atom. The third kappa shape index (κ3) is 4.19. The van der Waals surface area contributed by atoms with Crippen LogP contribution in [-0.2, 0) is 16.6 Å². The van der Waals surface area contributed by atoms with Crippen molar-refractivity contribution in [1.29, 1.82) is 0 Å². The van der Waals surface area contributed by atoms with Crippen molar-refractivity contribution in [2.75, 3.05) is 11.6 Å². The summed E-state index contributed by atoms with van der Waals surface area (Å²) in [6.45, 7) is 0. The lowest BCUT2D eigenvalue weighted by molar-refractivity contribution is -0.384. The van der Waals surface area contributed by atoms with Crippen LogP contribution in [0.1, 0.15) is 5.56 Å². The van der Waals surface area contributed by atoms with Gasteiger partial charge in [0, 0.05) is 45.7 Å². The molecule has 1 N–H and O–H groups in total. The van der Waals surface area contributed by atoms with Gasteiger partial charge in [-0.05, 0) is 29.8 Å². The fourth-order valence-electron chi connectivity index (χ4n) is 1.86. The van der Waals surface area contributed by atoms with Crippen LogP contribution in [0.25, 0.3) is 0 Å². The number of nitrogens with one attached hydrogen (secondary N) is 1. The van der Waals surface area contributed by atoms with Crippen LogP contribution >= 0.6 is 23.2 Å². The molecule has 0 saturated carbocycles. The molecule has 0 radical (unpaired) electrons. The van der Waals surface area contributed by atoms with Gasteiger partial charge in [0.15, 0.2) is 0 Å². The molecule has 0 saturated heterocycles. The standard InChI is InChI=1S/C14H12Cl2N2O3S/c1-22(21)8-9-6-10(2-4-12(9)15)17-14-5-3-11(18(19)20)7-13(14)16/h2-7,17H,8H2,1H3. The lowest BCUT2D eigenvalue weighted by Gasteiger charge is -2.11. The van der Waals surface area contributed by atoms with E-state index in [9.17, 15) is 14.3 Å². The molecule has 2 aromatic rings. The molecule has 0 amide bonds. The maximum atomic E-state index is 11.3. The van der Waals surface area contributed by atoms with Crippen molar-refractivity contribution in [3.63, 3.8) is 0 Å². The van der Waals surface area contributed by atoms with E-state index in [-0.39, 0.29) is 10.7 Å². The molecule has 116 valence electrons. The quantitative estimate of drug-likeness (QED) is 0.629. The number of hydrogen-bond donors (Lipinski definition) is 1. The van der Waals surface area contributed by atoms with Gasteiger partial charge in [-0.3, -0.25) is 14.3 Å². The van der Waals surface area contributed by atoms with Crippen LogP contribution in [0, 0.1) is 10.1 Å². The molecule has 1 unspecified atom stereocenters. The van der Waals surface area contributed by atoms with Gasteiger partial charge >= 0.3 is 0 Å². The van der Waals surface area contributed by atoms with Crippen molar-refractivity contribution in [1.82, 2.24) is 0 Å². The van der Waals surface area contributed by atoms with E-state index in [1.807, 2.05) is 0 Å². The third-order valence-corrected chi connectivity index (χ3v) is 4.25. The highest BCUT2D eigenvalue weighted by atomic mass is 35.5. The number of non-ortho nitro benzene ring substituents is 1. The molecule has 8 heteroatoms. The predicted molar refractivity (Wildman–Crippen MR) is 90.6 cm³/mol. The van der Waals surface area contributed by atoms with Crippen LogP contribution in [-0.4, -0.2) is 15.4 Å². The Bertz CT molecular complexity index is 753. The second-order valence-electron chi connectivity index (χ2n) is 4.57. The molecule has 0 bridgehead atoms. The van der Waals surface area contributed by atoms with E-state index in [4.69, 9.17) is 23.2 Å². The van der Waals surface area contributed by atoms with E-state index in [0.717, 1.165) is 5.56 Å². The molecule has 0 aliphatic carbocycles. The van der Waals surface area contributed by atoms with Gasteiger partial charge in [-0.1, -0.05) is 23.2 Å². The van der Waals surface area contributed by atoms with Crippen LogP contribution in [0.2, 0.25) is 10.0 Å². The number of hydrogen-bond acceptors (Lipinski definition) is 4. The normalized spacial score (nSPS) is 12.0. The fraction of sp³-hybridized carbons (Fsp3) is 0.143. The van der Waals surface area contributed by atoms with Gasteiger partial charge in [0.25, 0.3) is 5.69 Å². The number of nitro benzene ring substituents is 1. The number of nitro groups is 1. The highest BCUT2D eigenvalue weighted by Crippen LogP contribution is 2.30. The Kier molecular flexibility index (Phi) is 5.39. The largest absolute Gasteiger partial charge is 0.354 e. The Hall–Kier alpha value is -1.63. The van der Waals surface area contributed by atoms with Crippen molar-refractivity contribution in [2.45, 2.75) is 5.75 Å². The topological polar surface area (TPSA) is 72.2 Å². The average Bonchev–Trinajstić information content (AvgIpc) is 2.44. The molecule has 0 fully saturated rings. The zero-order valence-electron chi connectivity index (χ0n) is 11.5. The van der Waals surface area contributed by atoms with E-state index in [1.54, 1.807) is 24.5 Å². The smallest absolute Gasteiger partial charge is 0.271 e. The van der Waals surface area contributed by atoms with Gasteiger partial charge in [-0.15, -0.1) is 0 Å². The first-order valence-corrected chi connectivity index (χ1v) is 8.64. The number of nitrogens with zero attached hydrogens (tertiary/aromatic N) is 1. The van der Waals surface area contributed by atoms with Crippen molar-refractivity contribution in [2.24, 2.45) is 0 Å². The Morgan fingerprint density at radius 3 is 2.50 bits per heavy atom. The molecule has 0 aromatic heterocycles. The average molecular weight is 359 g/mol. The van der Waals surface area contributed by atoms with Gasteiger partial charge in [0.2, 0.25) is 0 Å². The number of halogens is 2. The molecular formula is C14H12Cl2N2O3S. The molecular weight excluding hydrogens is 347 g/mol. The first-order chi connectivity index (χ1) is 10.4. The number of anilines is 2. The predicted octanol–water partition coefficient (Wildman–Crippen LogP) is 4.52. The third-order valence-electron chi connectivity index (χ3n) is 2.85. The summed E-state index contributed by atoms with van der Waals surface area (Å²) in [5, 5.41) is 14.5. The Labute approximate surface area is 139 Å². The van der Waals surface area contributed by atoms with Gasteiger partial charge in [0.1, 0.15) is 0 Å². The maximum absolute atomic E-state index is 11.3. The van der Waals surface area contributed by atoms with Crippen molar-refractivity contribution in [3.8, 4) is 0 Å². The zero-order valence-corrected chi connectivity index (χ0v) is 13.8. The van der Waals surface area contributed by atoms with Crippen LogP contribution in [0.3, 0.4) is 0 Å². The van der Waals surface area contributed by atoms with Gasteiger partial charge < -0.3 is 5.32 Å². The van der Waals surface area contributed by atoms with Crippen LogP contribution < -0.4 is 5.32 Å². The molecule has 0 aliphatic rings. The number of benzene rings is 2. The number of rotatable bonds is 5. The molecule has 0 heterocycles. The molecule has 0 spiro atoms. The highest BCUT2D eigenvalue weighted by molar-refractivity contribution is 7.83. The first-order valence-electron chi connectivity index (χ1n) is 6.16. The summed E-state index contributed by atoms with van der Waals surface area (Å²) in [6, 6.07) is 9.41. The van der Waals surface area contributed by atoms with Gasteiger partial charge in [0.05, 0.1) is 15.6 Å². The van der Waals surface area contributed by atoms with Crippen molar-refractivity contribution < 1.29 is 9.13 Å². The summed E-state index contributed by atoms with van der Waals surface area (Å²) in [7, 11) is -1.01. The summed E-state index contributed by atoms with van der Waals surface area (Å²) in [5.74, 6) is 0.350. The lowest BCUT2D eigenvalue weighted by Crippen LogP contribution is -1.97. The second kappa shape index (κ2) is 7.09. The van der Waals surface area contributed by atoms with Crippen LogP contribution in [0.15, 0.2) is 36.4 Å². The molecule has 22 heavy (non-hydrogen) atoms. The first kappa shape index (κ1) is 16.7. The van der Waals surface area contributed by atoms with E-state index in [1.165, 1.54) is 18.2 Å². The van der Waals surface area contributed by atoms with Crippen molar-refractivity contribution >= 4 is 51.1 Å². The maximum Gasteiger partial charge on any atom is 0.271 e. The van der Waals surface area contributed by atoms with Crippen LogP contribution in [0.5, 0.6) is 0 Å². The van der Waals surface area contributed by atoms with Crippen molar-refractivity contribution in [3.05, 3.63) is 62.1 Å². The molecule has 1 atom stereocenters. The Balaban J connectivity index is 2.27. The van der Waals surface area contributed by atoms with E-state index >= 15 is 0 Å². The fourth-order valence-corrected chi connectivity index (χ4v) is 3.02. The van der Waals surface area contributed by atoms with Gasteiger partial charge in [-0.25, -0.2) is 0 Å². The molecule has 5 nitrogen and oxygen atoms in total. The second-order valence-corrected chi connectivity index (χ2v) is 6.82. The monoisotopic (exact) mass is 358 g/mol. The summed E-state index contributed by atoms with van der Waals surface area (Å²) in [6.07, 6.45) is 1.60. The summed E-state index contributed by atoms with van der Waals surface area (Å²) in [4.78, 5) is 10.2. The SMILES string of the molecule is CS(=O)Cc1cc(Nc2ccc([N+](=O)[O-])cc2Cl)ccc1Cl. The highest BCUT2D eigenvalue weighted by Gasteiger charge is 2.10. The molecule has 0 aliphatic heterocycles. The minimum atomic E-state index is -1.01. The lowest BCUT2D eigenvalue weighted by atomic mass is 10.2. The van der Waals surface area contributed by atoms with E-state index in [2.05, 4.69) is 5.32 Å². The minimum Gasteiger partial charge on any atom is -0.354 e. The van der Waals surface area contributed by atoms with E-state index in [0.29, 0.717) is 22.2 Å². The van der Waals surface area contributed by atoms with Gasteiger partial charge in [-0.2, -0.15) is 0 Å².